The molecule has 0 aliphatic heterocycles. The van der Waals surface area contributed by atoms with Gasteiger partial charge in [-0.1, -0.05) is 21.1 Å². The Bertz CT molecular complexity index is 562. The van der Waals surface area contributed by atoms with Crippen LogP contribution in [0.5, 0.6) is 0 Å². The van der Waals surface area contributed by atoms with E-state index in [4.69, 9.17) is 10.3 Å². The summed E-state index contributed by atoms with van der Waals surface area (Å²) in [6.07, 6.45) is 2.62. The fourth-order valence-electron chi connectivity index (χ4n) is 1.22. The van der Waals surface area contributed by atoms with Crippen molar-refractivity contribution in [3.8, 4) is 0 Å². The van der Waals surface area contributed by atoms with Gasteiger partial charge in [0.15, 0.2) is 11.4 Å². The third-order valence-electron chi connectivity index (χ3n) is 1.90. The maximum Gasteiger partial charge on any atom is 0.242 e. The molecule has 0 radical (unpaired) electrons. The van der Waals surface area contributed by atoms with Crippen LogP contribution in [0.2, 0.25) is 0 Å². The van der Waals surface area contributed by atoms with Crippen LogP contribution in [0.4, 0.5) is 5.82 Å². The molecule has 0 unspecified atom stereocenters. The number of rotatable bonds is 3. The number of hydrogen-bond acceptors (Lipinski definition) is 4. The van der Waals surface area contributed by atoms with Crippen LogP contribution in [0.3, 0.4) is 0 Å². The molecule has 6 heteroatoms. The van der Waals surface area contributed by atoms with E-state index in [-0.39, 0.29) is 0 Å². The zero-order valence-electron chi connectivity index (χ0n) is 8.11. The van der Waals surface area contributed by atoms with Crippen molar-refractivity contribution < 1.29 is 9.32 Å². The van der Waals surface area contributed by atoms with Crippen molar-refractivity contribution in [1.29, 1.82) is 0 Å². The molecule has 2 aromatic rings. The standard InChI is InChI=1S/C10H8BrN3O2/c11-6-1-2-8-7(5-6)10(14-16-8)13-4-3-9(12)15/h1-5H,(H2,12,15)(H,13,14). The quantitative estimate of drug-likeness (QED) is 0.844. The lowest BCUT2D eigenvalue weighted by atomic mass is 10.2. The number of carbonyl (C=O) groups is 1. The summed E-state index contributed by atoms with van der Waals surface area (Å²) in [6.45, 7) is 0. The van der Waals surface area contributed by atoms with Crippen molar-refractivity contribution in [3.05, 3.63) is 34.9 Å². The van der Waals surface area contributed by atoms with Crippen LogP contribution in [0.15, 0.2) is 39.5 Å². The van der Waals surface area contributed by atoms with E-state index in [0.717, 1.165) is 9.86 Å². The second kappa shape index (κ2) is 4.36. The van der Waals surface area contributed by atoms with Gasteiger partial charge >= 0.3 is 0 Å². The Hall–Kier alpha value is -1.82. The van der Waals surface area contributed by atoms with Gasteiger partial charge in [-0.25, -0.2) is 0 Å². The number of fused-ring (bicyclic) bond motifs is 1. The van der Waals surface area contributed by atoms with Gasteiger partial charge in [0.1, 0.15) is 0 Å². The number of carbonyl (C=O) groups excluding carboxylic acids is 1. The summed E-state index contributed by atoms with van der Waals surface area (Å²) in [6, 6.07) is 5.53. The van der Waals surface area contributed by atoms with Gasteiger partial charge in [-0.3, -0.25) is 4.79 Å². The van der Waals surface area contributed by atoms with Gasteiger partial charge in [0.25, 0.3) is 0 Å². The van der Waals surface area contributed by atoms with E-state index in [1.807, 2.05) is 12.1 Å². The second-order valence-electron chi connectivity index (χ2n) is 3.05. The van der Waals surface area contributed by atoms with Crippen LogP contribution >= 0.6 is 15.9 Å². The summed E-state index contributed by atoms with van der Waals surface area (Å²) >= 11 is 3.35. The van der Waals surface area contributed by atoms with Crippen molar-refractivity contribution in [2.45, 2.75) is 0 Å². The largest absolute Gasteiger partial charge is 0.366 e. The maximum atomic E-state index is 10.5. The molecule has 0 atom stereocenters. The molecule has 2 rings (SSSR count). The van der Waals surface area contributed by atoms with E-state index in [2.05, 4.69) is 26.4 Å². The van der Waals surface area contributed by atoms with Gasteiger partial charge in [0, 0.05) is 16.7 Å². The van der Waals surface area contributed by atoms with Crippen molar-refractivity contribution >= 4 is 38.6 Å². The molecule has 82 valence electrons. The number of aromatic nitrogens is 1. The molecule has 0 spiro atoms. The normalized spacial score (nSPS) is 11.1. The van der Waals surface area contributed by atoms with Crippen molar-refractivity contribution in [3.63, 3.8) is 0 Å². The Morgan fingerprint density at radius 2 is 2.38 bits per heavy atom. The molecule has 1 aromatic carbocycles. The zero-order chi connectivity index (χ0) is 11.5. The number of nitrogens with one attached hydrogen (secondary N) is 1. The molecule has 3 N–H and O–H groups in total. The number of nitrogens with zero attached hydrogens (tertiary/aromatic N) is 1. The zero-order valence-corrected chi connectivity index (χ0v) is 9.69. The summed E-state index contributed by atoms with van der Waals surface area (Å²) in [7, 11) is 0. The average Bonchev–Trinajstić information content (AvgIpc) is 2.60. The highest BCUT2D eigenvalue weighted by Gasteiger charge is 2.06. The molecule has 1 amide bonds. The Kier molecular flexibility index (Phi) is 2.91. The fraction of sp³-hybridized carbons (Fsp3) is 0. The van der Waals surface area contributed by atoms with Crippen LogP contribution in [0.25, 0.3) is 11.0 Å². The number of benzene rings is 1. The van der Waals surface area contributed by atoms with E-state index >= 15 is 0 Å². The summed E-state index contributed by atoms with van der Waals surface area (Å²) in [5.41, 5.74) is 5.62. The van der Waals surface area contributed by atoms with Crippen molar-refractivity contribution in [1.82, 2.24) is 5.16 Å². The molecular weight excluding hydrogens is 274 g/mol. The van der Waals surface area contributed by atoms with Crippen LogP contribution < -0.4 is 11.1 Å². The van der Waals surface area contributed by atoms with Gasteiger partial charge in [-0.2, -0.15) is 0 Å². The highest BCUT2D eigenvalue weighted by atomic mass is 79.9. The molecular formula is C10H8BrN3O2. The summed E-state index contributed by atoms with van der Waals surface area (Å²) < 4.78 is 6.00. The number of hydrogen-bond donors (Lipinski definition) is 2. The molecule has 5 nitrogen and oxygen atoms in total. The van der Waals surface area contributed by atoms with Gasteiger partial charge in [0.2, 0.25) is 5.91 Å². The second-order valence-corrected chi connectivity index (χ2v) is 3.97. The number of primary amides is 1. The van der Waals surface area contributed by atoms with Crippen LogP contribution in [-0.2, 0) is 4.79 Å². The Morgan fingerprint density at radius 3 is 3.12 bits per heavy atom. The van der Waals surface area contributed by atoms with E-state index in [1.54, 1.807) is 6.07 Å². The van der Waals surface area contributed by atoms with Gasteiger partial charge in [0.05, 0.1) is 5.39 Å². The molecule has 0 saturated carbocycles. The van der Waals surface area contributed by atoms with Crippen molar-refractivity contribution in [2.24, 2.45) is 5.73 Å². The molecule has 1 heterocycles. The summed E-state index contributed by atoms with van der Waals surface area (Å²) in [5, 5.41) is 7.46. The highest BCUT2D eigenvalue weighted by molar-refractivity contribution is 9.10. The van der Waals surface area contributed by atoms with E-state index < -0.39 is 5.91 Å². The lowest BCUT2D eigenvalue weighted by molar-refractivity contribution is -0.113. The molecule has 0 aliphatic carbocycles. The molecule has 0 saturated heterocycles. The molecule has 0 bridgehead atoms. The number of amides is 1. The summed E-state index contributed by atoms with van der Waals surface area (Å²) in [5.74, 6) is 0.00952. The lowest BCUT2D eigenvalue weighted by Gasteiger charge is -1.94. The lowest BCUT2D eigenvalue weighted by Crippen LogP contribution is -2.06. The van der Waals surface area contributed by atoms with Gasteiger partial charge in [-0.15, -0.1) is 0 Å². The number of anilines is 1. The fourth-order valence-corrected chi connectivity index (χ4v) is 1.58. The van der Waals surface area contributed by atoms with E-state index in [1.165, 1.54) is 12.3 Å². The Balaban J connectivity index is 2.31. The van der Waals surface area contributed by atoms with Crippen LogP contribution in [0.1, 0.15) is 0 Å². The number of halogens is 1. The Labute approximate surface area is 99.4 Å². The smallest absolute Gasteiger partial charge is 0.242 e. The predicted octanol–water partition coefficient (Wildman–Crippen LogP) is 2.00. The topological polar surface area (TPSA) is 81.2 Å². The molecule has 1 aromatic heterocycles. The Morgan fingerprint density at radius 1 is 1.56 bits per heavy atom. The van der Waals surface area contributed by atoms with Crippen molar-refractivity contribution in [2.75, 3.05) is 5.32 Å². The molecule has 0 fully saturated rings. The van der Waals surface area contributed by atoms with Gasteiger partial charge < -0.3 is 15.6 Å². The average molecular weight is 282 g/mol. The van der Waals surface area contributed by atoms with Gasteiger partial charge in [-0.05, 0) is 18.2 Å². The maximum absolute atomic E-state index is 10.5. The van der Waals surface area contributed by atoms with Crippen LogP contribution in [-0.4, -0.2) is 11.1 Å². The minimum absolute atomic E-state index is 0.526. The first-order chi connectivity index (χ1) is 7.66. The molecule has 16 heavy (non-hydrogen) atoms. The van der Waals surface area contributed by atoms with E-state index in [9.17, 15) is 4.79 Å². The predicted molar refractivity (Wildman–Crippen MR) is 63.7 cm³/mol. The minimum Gasteiger partial charge on any atom is -0.366 e. The summed E-state index contributed by atoms with van der Waals surface area (Å²) in [4.78, 5) is 10.5. The minimum atomic E-state index is -0.526. The first-order valence-electron chi connectivity index (χ1n) is 4.44. The first kappa shape index (κ1) is 10.7. The van der Waals surface area contributed by atoms with E-state index in [0.29, 0.717) is 11.4 Å². The molecule has 0 aliphatic rings. The third kappa shape index (κ3) is 2.22. The first-order valence-corrected chi connectivity index (χ1v) is 5.23. The SMILES string of the molecule is NC(=O)C=CNc1noc2ccc(Br)cc12. The van der Waals surface area contributed by atoms with Crippen LogP contribution in [0, 0.1) is 0 Å². The monoisotopic (exact) mass is 281 g/mol. The highest BCUT2D eigenvalue weighted by Crippen LogP contribution is 2.25. The third-order valence-corrected chi connectivity index (χ3v) is 2.39. The number of nitrogens with two attached hydrogens (primary N) is 1.